The summed E-state index contributed by atoms with van der Waals surface area (Å²) in [6.07, 6.45) is 1.29. The summed E-state index contributed by atoms with van der Waals surface area (Å²) in [6, 6.07) is -0.415. The van der Waals surface area contributed by atoms with Crippen LogP contribution in [0.25, 0.3) is 0 Å². The highest BCUT2D eigenvalue weighted by atomic mass is 32.2. The molecule has 0 fully saturated rings. The molecule has 0 saturated carbocycles. The summed E-state index contributed by atoms with van der Waals surface area (Å²) < 4.78 is 26.9. The van der Waals surface area contributed by atoms with E-state index < -0.39 is 28.5 Å². The molecule has 0 aliphatic carbocycles. The number of hydrogen-bond acceptors (Lipinski definition) is 5. The van der Waals surface area contributed by atoms with E-state index >= 15 is 0 Å². The lowest BCUT2D eigenvalue weighted by Gasteiger charge is -2.23. The summed E-state index contributed by atoms with van der Waals surface area (Å²) in [7, 11) is -2.32. The maximum Gasteiger partial charge on any atom is 0.249 e. The van der Waals surface area contributed by atoms with E-state index in [1.165, 1.54) is 10.9 Å². The minimum absolute atomic E-state index is 0.104. The van der Waals surface area contributed by atoms with Crippen molar-refractivity contribution in [1.82, 2.24) is 14.1 Å². The molecule has 0 saturated heterocycles. The van der Waals surface area contributed by atoms with Crippen molar-refractivity contribution >= 4 is 21.7 Å². The second kappa shape index (κ2) is 4.94. The molecule has 1 heterocycles. The second-order valence-corrected chi connectivity index (χ2v) is 6.02. The zero-order valence-corrected chi connectivity index (χ0v) is 11.3. The molecule has 0 aromatic carbocycles. The number of nitrogens with two attached hydrogens (primary N) is 2. The number of aryl methyl sites for hydroxylation is 1. The van der Waals surface area contributed by atoms with Crippen molar-refractivity contribution in [3.05, 3.63) is 6.20 Å². The van der Waals surface area contributed by atoms with Gasteiger partial charge in [0.15, 0.2) is 5.82 Å². The number of amides is 1. The fourth-order valence-corrected chi connectivity index (χ4v) is 3.20. The molecular weight excluding hydrogens is 258 g/mol. The smallest absolute Gasteiger partial charge is 0.249 e. The first-order valence-corrected chi connectivity index (χ1v) is 6.69. The number of aromatic nitrogens is 2. The van der Waals surface area contributed by atoms with Crippen LogP contribution < -0.4 is 11.5 Å². The molecule has 102 valence electrons. The lowest BCUT2D eigenvalue weighted by atomic mass is 10.4. The number of nitrogen functional groups attached to an aromatic ring is 1. The molecule has 0 atom stereocenters. The first kappa shape index (κ1) is 14.5. The van der Waals surface area contributed by atoms with Crippen LogP contribution in [0.3, 0.4) is 0 Å². The topological polar surface area (TPSA) is 124 Å². The summed E-state index contributed by atoms with van der Waals surface area (Å²) >= 11 is 0. The van der Waals surface area contributed by atoms with Crippen LogP contribution in [-0.4, -0.2) is 41.0 Å². The monoisotopic (exact) mass is 275 g/mol. The Labute approximate surface area is 106 Å². The van der Waals surface area contributed by atoms with Gasteiger partial charge in [-0.1, -0.05) is 0 Å². The van der Waals surface area contributed by atoms with Gasteiger partial charge >= 0.3 is 0 Å². The predicted octanol–water partition coefficient (Wildman–Crippen LogP) is -1.11. The van der Waals surface area contributed by atoms with Gasteiger partial charge in [-0.15, -0.1) is 0 Å². The maximum atomic E-state index is 12.3. The number of rotatable bonds is 5. The van der Waals surface area contributed by atoms with Crippen molar-refractivity contribution in [2.24, 2.45) is 12.8 Å². The van der Waals surface area contributed by atoms with Gasteiger partial charge in [0.2, 0.25) is 15.9 Å². The van der Waals surface area contributed by atoms with Crippen LogP contribution in [0.2, 0.25) is 0 Å². The van der Waals surface area contributed by atoms with E-state index in [9.17, 15) is 13.2 Å². The highest BCUT2D eigenvalue weighted by molar-refractivity contribution is 7.89. The molecule has 8 nitrogen and oxygen atoms in total. The van der Waals surface area contributed by atoms with Crippen LogP contribution in [0.5, 0.6) is 0 Å². The van der Waals surface area contributed by atoms with Crippen molar-refractivity contribution in [2.45, 2.75) is 24.8 Å². The van der Waals surface area contributed by atoms with E-state index in [1.54, 1.807) is 20.9 Å². The highest BCUT2D eigenvalue weighted by Crippen LogP contribution is 2.22. The fraction of sp³-hybridized carbons (Fsp3) is 0.556. The summed E-state index contributed by atoms with van der Waals surface area (Å²) in [5.74, 6) is -0.831. The van der Waals surface area contributed by atoms with Crippen LogP contribution >= 0.6 is 0 Å². The van der Waals surface area contributed by atoms with Crippen molar-refractivity contribution in [2.75, 3.05) is 12.3 Å². The molecule has 1 amide bonds. The van der Waals surface area contributed by atoms with E-state index in [0.717, 1.165) is 4.31 Å². The summed E-state index contributed by atoms with van der Waals surface area (Å²) in [4.78, 5) is 10.8. The molecule has 0 spiro atoms. The minimum atomic E-state index is -3.88. The Morgan fingerprint density at radius 2 is 2.11 bits per heavy atom. The molecule has 1 rings (SSSR count). The van der Waals surface area contributed by atoms with Gasteiger partial charge in [-0.25, -0.2) is 8.42 Å². The third kappa shape index (κ3) is 2.79. The van der Waals surface area contributed by atoms with Crippen LogP contribution in [-0.2, 0) is 21.9 Å². The van der Waals surface area contributed by atoms with E-state index in [0.29, 0.717) is 0 Å². The Morgan fingerprint density at radius 1 is 1.56 bits per heavy atom. The van der Waals surface area contributed by atoms with Gasteiger partial charge in [0.1, 0.15) is 4.90 Å². The van der Waals surface area contributed by atoms with Gasteiger partial charge in [-0.2, -0.15) is 9.40 Å². The summed E-state index contributed by atoms with van der Waals surface area (Å²) in [5, 5.41) is 3.77. The van der Waals surface area contributed by atoms with Gasteiger partial charge < -0.3 is 11.5 Å². The van der Waals surface area contributed by atoms with Crippen molar-refractivity contribution in [3.8, 4) is 0 Å². The number of hydrogen-bond donors (Lipinski definition) is 2. The maximum absolute atomic E-state index is 12.3. The Kier molecular flexibility index (Phi) is 3.97. The zero-order valence-electron chi connectivity index (χ0n) is 10.5. The van der Waals surface area contributed by atoms with Crippen molar-refractivity contribution in [3.63, 3.8) is 0 Å². The first-order valence-electron chi connectivity index (χ1n) is 5.25. The number of sulfonamides is 1. The van der Waals surface area contributed by atoms with Gasteiger partial charge in [-0.3, -0.25) is 9.48 Å². The number of nitrogens with zero attached hydrogens (tertiary/aromatic N) is 3. The Balaban J connectivity index is 3.25. The lowest BCUT2D eigenvalue weighted by Crippen LogP contribution is -2.42. The van der Waals surface area contributed by atoms with Gasteiger partial charge in [0.05, 0.1) is 6.54 Å². The van der Waals surface area contributed by atoms with Gasteiger partial charge in [0.25, 0.3) is 0 Å². The number of anilines is 1. The predicted molar refractivity (Wildman–Crippen MR) is 65.8 cm³/mol. The molecule has 0 aliphatic heterocycles. The Hall–Kier alpha value is -1.61. The fourth-order valence-electron chi connectivity index (χ4n) is 1.51. The molecule has 0 aliphatic rings. The van der Waals surface area contributed by atoms with Gasteiger partial charge in [-0.05, 0) is 13.8 Å². The Bertz CT molecular complexity index is 549. The number of primary amides is 1. The molecule has 0 unspecified atom stereocenters. The average molecular weight is 275 g/mol. The minimum Gasteiger partial charge on any atom is -0.381 e. The first-order chi connectivity index (χ1) is 8.16. The summed E-state index contributed by atoms with van der Waals surface area (Å²) in [5.41, 5.74) is 10.6. The molecule has 18 heavy (non-hydrogen) atoms. The zero-order chi connectivity index (χ0) is 14.1. The third-order valence-electron chi connectivity index (χ3n) is 2.30. The van der Waals surface area contributed by atoms with E-state index in [-0.39, 0.29) is 10.7 Å². The van der Waals surface area contributed by atoms with Crippen LogP contribution in [0.1, 0.15) is 13.8 Å². The molecule has 9 heteroatoms. The molecular formula is C9H17N5O3S. The van der Waals surface area contributed by atoms with E-state index in [4.69, 9.17) is 11.5 Å². The van der Waals surface area contributed by atoms with Crippen molar-refractivity contribution < 1.29 is 13.2 Å². The van der Waals surface area contributed by atoms with Gasteiger partial charge in [0, 0.05) is 19.3 Å². The van der Waals surface area contributed by atoms with Crippen molar-refractivity contribution in [1.29, 1.82) is 0 Å². The largest absolute Gasteiger partial charge is 0.381 e. The molecule has 0 radical (unpaired) electrons. The van der Waals surface area contributed by atoms with Crippen LogP contribution in [0.4, 0.5) is 5.82 Å². The lowest BCUT2D eigenvalue weighted by molar-refractivity contribution is -0.118. The van der Waals surface area contributed by atoms with E-state index in [2.05, 4.69) is 5.10 Å². The molecule has 1 aromatic heterocycles. The van der Waals surface area contributed by atoms with Crippen LogP contribution in [0.15, 0.2) is 11.1 Å². The van der Waals surface area contributed by atoms with E-state index in [1.807, 2.05) is 0 Å². The van der Waals surface area contributed by atoms with Crippen LogP contribution in [0, 0.1) is 0 Å². The standard InChI is InChI=1S/C9H17N5O3S/c1-6(2)14(5-8(10)15)18(16,17)7-4-13(3)12-9(7)11/h4,6H,5H2,1-3H3,(H2,10,15)(H2,11,12). The normalized spacial score (nSPS) is 12.3. The number of carbonyl (C=O) groups is 1. The molecule has 1 aromatic rings. The Morgan fingerprint density at radius 3 is 2.44 bits per heavy atom. The third-order valence-corrected chi connectivity index (χ3v) is 4.33. The SMILES string of the molecule is CC(C)N(CC(N)=O)S(=O)(=O)c1cn(C)nc1N. The highest BCUT2D eigenvalue weighted by Gasteiger charge is 2.31. The quantitative estimate of drug-likeness (QED) is 0.704. The summed E-state index contributed by atoms with van der Waals surface area (Å²) in [6.45, 7) is 2.90. The molecule has 4 N–H and O–H groups in total. The molecule has 0 bridgehead atoms. The number of carbonyl (C=O) groups excluding carboxylic acids is 1. The second-order valence-electron chi connectivity index (χ2n) is 4.16. The average Bonchev–Trinajstić information content (AvgIpc) is 2.54.